The number of hydrazine groups is 2. The van der Waals surface area contributed by atoms with E-state index in [0.717, 1.165) is 54.9 Å². The maximum Gasteiger partial charge on any atom is 0.305 e. The second-order valence-corrected chi connectivity index (χ2v) is 10.5. The fourth-order valence-electron chi connectivity index (χ4n) is 5.63. The minimum absolute atomic E-state index is 0.00946. The molecule has 1 amide bonds. The Morgan fingerprint density at radius 1 is 1.14 bits per heavy atom. The van der Waals surface area contributed by atoms with Crippen LogP contribution in [-0.4, -0.2) is 42.4 Å². The van der Waals surface area contributed by atoms with E-state index in [0.29, 0.717) is 25.4 Å². The molecule has 0 spiro atoms. The summed E-state index contributed by atoms with van der Waals surface area (Å²) in [6.45, 7) is 5.84. The molecule has 1 fully saturated rings. The van der Waals surface area contributed by atoms with Gasteiger partial charge in [-0.2, -0.15) is 0 Å². The van der Waals surface area contributed by atoms with Gasteiger partial charge in [-0.15, -0.1) is 5.53 Å². The predicted molar refractivity (Wildman–Crippen MR) is 143 cm³/mol. The van der Waals surface area contributed by atoms with Gasteiger partial charge in [0.15, 0.2) is 5.78 Å². The summed E-state index contributed by atoms with van der Waals surface area (Å²) in [4.78, 5) is 37.5. The van der Waals surface area contributed by atoms with Gasteiger partial charge in [-0.1, -0.05) is 25.3 Å². The molecule has 4 rings (SSSR count). The summed E-state index contributed by atoms with van der Waals surface area (Å²) in [5, 5.41) is 7.12. The van der Waals surface area contributed by atoms with Gasteiger partial charge >= 0.3 is 5.97 Å². The number of carbonyl (C=O) groups excluding carboxylic acids is 3. The van der Waals surface area contributed by atoms with Gasteiger partial charge in [0.05, 0.1) is 18.0 Å². The second kappa shape index (κ2) is 13.1. The first-order valence-corrected chi connectivity index (χ1v) is 14.1. The molecule has 1 heterocycles. The number of hydrogen-bond donors (Lipinski definition) is 2. The zero-order chi connectivity index (χ0) is 26.2. The molecule has 1 aromatic rings. The van der Waals surface area contributed by atoms with Crippen molar-refractivity contribution in [1.29, 1.82) is 0 Å². The molecule has 1 saturated carbocycles. The Morgan fingerprint density at radius 2 is 1.95 bits per heavy atom. The van der Waals surface area contributed by atoms with E-state index in [-0.39, 0.29) is 30.0 Å². The monoisotopic (exact) mass is 510 g/mol. The number of nitrogens with zero attached hydrogens (tertiary/aromatic N) is 2. The van der Waals surface area contributed by atoms with E-state index in [2.05, 4.69) is 24.0 Å². The maximum absolute atomic E-state index is 13.2. The molecular weight excluding hydrogens is 468 g/mol. The molecule has 8 heteroatoms. The fourth-order valence-corrected chi connectivity index (χ4v) is 5.63. The van der Waals surface area contributed by atoms with Crippen molar-refractivity contribution in [2.24, 2.45) is 11.8 Å². The SMILES string of the molecule is CCOC(=O)CCCCC1=CN(CC)NN1c1ccc2c(c1)C(=O)C(CC(=O)NCC1CCCCC1)C2. The number of allylic oxidation sites excluding steroid dienone is 1. The summed E-state index contributed by atoms with van der Waals surface area (Å²) in [5.41, 5.74) is 7.12. The van der Waals surface area contributed by atoms with Crippen molar-refractivity contribution in [1.82, 2.24) is 15.9 Å². The third-order valence-corrected chi connectivity index (χ3v) is 7.73. The number of Topliss-reactive ketones (excluding diaryl/α,β-unsaturated/α-hetero) is 1. The normalized spacial score (nSPS) is 19.7. The van der Waals surface area contributed by atoms with E-state index < -0.39 is 0 Å². The molecule has 3 aliphatic rings. The first-order valence-electron chi connectivity index (χ1n) is 14.1. The number of benzene rings is 1. The summed E-state index contributed by atoms with van der Waals surface area (Å²) in [6, 6.07) is 6.02. The maximum atomic E-state index is 13.2. The van der Waals surface area contributed by atoms with Crippen LogP contribution in [0.2, 0.25) is 0 Å². The van der Waals surface area contributed by atoms with Crippen molar-refractivity contribution in [3.63, 3.8) is 0 Å². The number of nitrogens with one attached hydrogen (secondary N) is 2. The average Bonchev–Trinajstić information content (AvgIpc) is 3.46. The molecule has 2 aliphatic carbocycles. The third kappa shape index (κ3) is 7.12. The van der Waals surface area contributed by atoms with Crippen molar-refractivity contribution in [2.75, 3.05) is 24.7 Å². The largest absolute Gasteiger partial charge is 0.466 e. The first-order chi connectivity index (χ1) is 18.0. The topological polar surface area (TPSA) is 91.0 Å². The van der Waals surface area contributed by atoms with Crippen LogP contribution in [-0.2, 0) is 20.7 Å². The number of carbonyl (C=O) groups is 3. The van der Waals surface area contributed by atoms with Gasteiger partial charge in [-0.3, -0.25) is 24.4 Å². The number of hydrogen-bond acceptors (Lipinski definition) is 7. The standard InChI is InChI=1S/C29H42N4O4/c1-3-32-20-25(12-8-9-13-28(35)37-4-2)33(31-32)24-15-14-22-16-23(29(36)26(22)18-24)17-27(34)30-19-21-10-6-5-7-11-21/h14-15,18,20-21,23,31H,3-13,16-17,19H2,1-2H3,(H,30,34). The van der Waals surface area contributed by atoms with Gasteiger partial charge in [0, 0.05) is 43.6 Å². The summed E-state index contributed by atoms with van der Waals surface area (Å²) >= 11 is 0. The molecule has 1 aliphatic heterocycles. The number of ether oxygens (including phenoxy) is 1. The summed E-state index contributed by atoms with van der Waals surface area (Å²) in [6.07, 6.45) is 12.0. The Bertz CT molecular complexity index is 1000. The zero-order valence-corrected chi connectivity index (χ0v) is 22.4. The van der Waals surface area contributed by atoms with Crippen molar-refractivity contribution >= 4 is 23.3 Å². The van der Waals surface area contributed by atoms with Crippen molar-refractivity contribution in [3.05, 3.63) is 41.2 Å². The van der Waals surface area contributed by atoms with E-state index in [9.17, 15) is 14.4 Å². The van der Waals surface area contributed by atoms with Crippen molar-refractivity contribution in [3.8, 4) is 0 Å². The predicted octanol–water partition coefficient (Wildman–Crippen LogP) is 4.65. The lowest BCUT2D eigenvalue weighted by molar-refractivity contribution is -0.143. The van der Waals surface area contributed by atoms with Gasteiger partial charge in [-0.25, -0.2) is 0 Å². The van der Waals surface area contributed by atoms with Gasteiger partial charge in [-0.05, 0) is 76.0 Å². The van der Waals surface area contributed by atoms with Gasteiger partial charge in [0.2, 0.25) is 5.91 Å². The van der Waals surface area contributed by atoms with Crippen molar-refractivity contribution < 1.29 is 19.1 Å². The molecule has 0 bridgehead atoms. The van der Waals surface area contributed by atoms with E-state index in [4.69, 9.17) is 4.74 Å². The van der Waals surface area contributed by atoms with Gasteiger partial charge in [0.25, 0.3) is 0 Å². The minimum atomic E-state index is -0.284. The number of unbranched alkanes of at least 4 members (excludes halogenated alkanes) is 1. The Labute approximate surface area is 220 Å². The van der Waals surface area contributed by atoms with Crippen molar-refractivity contribution in [2.45, 2.75) is 84.5 Å². The minimum Gasteiger partial charge on any atom is -0.466 e. The highest BCUT2D eigenvalue weighted by atomic mass is 16.5. The number of fused-ring (bicyclic) bond motifs is 1. The number of ketones is 1. The number of esters is 1. The van der Waals surface area contributed by atoms with Crippen LogP contribution in [0.15, 0.2) is 30.1 Å². The molecule has 2 N–H and O–H groups in total. The molecule has 37 heavy (non-hydrogen) atoms. The lowest BCUT2D eigenvalue weighted by atomic mass is 9.89. The Hall–Kier alpha value is -2.87. The highest BCUT2D eigenvalue weighted by Crippen LogP contribution is 2.34. The smallest absolute Gasteiger partial charge is 0.305 e. The summed E-state index contributed by atoms with van der Waals surface area (Å²) in [7, 11) is 0. The average molecular weight is 511 g/mol. The Kier molecular flexibility index (Phi) is 9.61. The molecule has 202 valence electrons. The molecule has 1 atom stereocenters. The van der Waals surface area contributed by atoms with E-state index in [1.54, 1.807) is 0 Å². The lowest BCUT2D eigenvalue weighted by Gasteiger charge is -2.25. The second-order valence-electron chi connectivity index (χ2n) is 10.5. The molecule has 0 aromatic heterocycles. The summed E-state index contributed by atoms with van der Waals surface area (Å²) in [5.74, 6) is 0.205. The van der Waals surface area contributed by atoms with Gasteiger partial charge < -0.3 is 10.1 Å². The quantitative estimate of drug-likeness (QED) is 0.312. The first kappa shape index (κ1) is 27.2. The van der Waals surface area contributed by atoms with Crippen LogP contribution in [0.5, 0.6) is 0 Å². The fraction of sp³-hybridized carbons (Fsp3) is 0.621. The zero-order valence-electron chi connectivity index (χ0n) is 22.4. The third-order valence-electron chi connectivity index (χ3n) is 7.73. The molecule has 0 radical (unpaired) electrons. The highest BCUT2D eigenvalue weighted by molar-refractivity contribution is 6.04. The lowest BCUT2D eigenvalue weighted by Crippen LogP contribution is -2.40. The molecule has 8 nitrogen and oxygen atoms in total. The van der Waals surface area contributed by atoms with Crippen LogP contribution < -0.4 is 15.9 Å². The molecule has 1 unspecified atom stereocenters. The molecular formula is C29H42N4O4. The molecule has 1 aromatic carbocycles. The molecule has 0 saturated heterocycles. The van der Waals surface area contributed by atoms with Crippen LogP contribution in [0, 0.1) is 11.8 Å². The highest BCUT2D eigenvalue weighted by Gasteiger charge is 2.33. The van der Waals surface area contributed by atoms with Crippen LogP contribution >= 0.6 is 0 Å². The van der Waals surface area contributed by atoms with E-state index in [1.165, 1.54) is 32.1 Å². The van der Waals surface area contributed by atoms with E-state index in [1.807, 2.05) is 35.1 Å². The van der Waals surface area contributed by atoms with Crippen LogP contribution in [0.1, 0.15) is 94.0 Å². The summed E-state index contributed by atoms with van der Waals surface area (Å²) < 4.78 is 5.02. The Balaban J connectivity index is 1.33. The number of anilines is 1. The van der Waals surface area contributed by atoms with Gasteiger partial charge in [0.1, 0.15) is 0 Å². The van der Waals surface area contributed by atoms with Crippen LogP contribution in [0.3, 0.4) is 0 Å². The number of amides is 1. The van der Waals surface area contributed by atoms with Crippen LogP contribution in [0.25, 0.3) is 0 Å². The van der Waals surface area contributed by atoms with E-state index >= 15 is 0 Å². The van der Waals surface area contributed by atoms with Crippen LogP contribution in [0.4, 0.5) is 5.69 Å². The Morgan fingerprint density at radius 3 is 2.70 bits per heavy atom. The number of rotatable bonds is 12.